The molecule has 2 heterocycles. The maximum absolute atomic E-state index is 14.5. The number of aliphatic hydroxyl groups excluding tert-OH is 2. The number of amidine groups is 1. The van der Waals surface area contributed by atoms with E-state index in [9.17, 15) is 28.2 Å². The van der Waals surface area contributed by atoms with Crippen molar-refractivity contribution in [1.29, 1.82) is 0 Å². The molecule has 2 aliphatic heterocycles. The molecule has 41 heavy (non-hydrogen) atoms. The van der Waals surface area contributed by atoms with Gasteiger partial charge in [0.25, 0.3) is 0 Å². The van der Waals surface area contributed by atoms with Crippen LogP contribution in [0.2, 0.25) is 0 Å². The molecular formula is C30H37F3N4O4. The van der Waals surface area contributed by atoms with Crippen molar-refractivity contribution >= 4 is 11.9 Å². The second kappa shape index (κ2) is 12.1. The van der Waals surface area contributed by atoms with Crippen LogP contribution in [0.25, 0.3) is 0 Å². The fourth-order valence-corrected chi connectivity index (χ4v) is 5.26. The van der Waals surface area contributed by atoms with Crippen molar-refractivity contribution in [3.05, 3.63) is 83.1 Å². The lowest BCUT2D eigenvalue weighted by Crippen LogP contribution is -2.52. The number of alkyl halides is 3. The molecule has 1 amide bonds. The molecule has 11 heteroatoms. The zero-order valence-corrected chi connectivity index (χ0v) is 23.3. The standard InChI is InChI=1S/C30H37F3N4O4/c1-29(2,3)41-28(40)37-16-14-18(15-17-37)23(34)21-22(30(31,32)33)25(38)27(39)36-26(21)35-24(19-10-6-4-7-11-19)20-12-8-5-9-13-20/h4-13,18,22,24-25,27,38-39H,14-17,34H2,1-3H3,(H,35,36)/t22-,25-,27?/m1/s1. The number of rotatable bonds is 4. The van der Waals surface area contributed by atoms with Crippen molar-refractivity contribution in [3.8, 4) is 0 Å². The zero-order chi connectivity index (χ0) is 29.9. The van der Waals surface area contributed by atoms with E-state index in [0.717, 1.165) is 11.1 Å². The molecular weight excluding hydrogens is 537 g/mol. The third-order valence-electron chi connectivity index (χ3n) is 7.27. The van der Waals surface area contributed by atoms with Crippen molar-refractivity contribution < 1.29 is 32.9 Å². The van der Waals surface area contributed by atoms with Crippen LogP contribution in [0.4, 0.5) is 18.0 Å². The Labute approximate surface area is 237 Å². The average Bonchev–Trinajstić information content (AvgIpc) is 2.92. The molecule has 222 valence electrons. The third-order valence-corrected chi connectivity index (χ3v) is 7.27. The highest BCUT2D eigenvalue weighted by Gasteiger charge is 2.54. The lowest BCUT2D eigenvalue weighted by molar-refractivity contribution is -0.200. The topological polar surface area (TPSA) is 120 Å². The molecule has 2 aromatic carbocycles. The molecule has 2 aliphatic rings. The van der Waals surface area contributed by atoms with Gasteiger partial charge in [-0.25, -0.2) is 9.79 Å². The Morgan fingerprint density at radius 3 is 1.98 bits per heavy atom. The SMILES string of the molecule is CC(C)(C)OC(=O)N1CCC(C(N)=C2C(NC(c3ccccc3)c3ccccc3)=NC(O)[C@H](O)[C@@H]2C(F)(F)F)CC1. The monoisotopic (exact) mass is 574 g/mol. The molecule has 1 unspecified atom stereocenters. The molecule has 1 saturated heterocycles. The average molecular weight is 575 g/mol. The molecule has 0 aromatic heterocycles. The number of nitrogens with zero attached hydrogens (tertiary/aromatic N) is 2. The van der Waals surface area contributed by atoms with E-state index in [-0.39, 0.29) is 30.2 Å². The van der Waals surface area contributed by atoms with Crippen LogP contribution in [0.1, 0.15) is 50.8 Å². The second-order valence-corrected chi connectivity index (χ2v) is 11.4. The summed E-state index contributed by atoms with van der Waals surface area (Å²) in [5, 5.41) is 24.1. The van der Waals surface area contributed by atoms with Crippen LogP contribution in [0.15, 0.2) is 76.9 Å². The summed E-state index contributed by atoms with van der Waals surface area (Å²) in [6, 6.07) is 17.6. The number of nitrogens with one attached hydrogen (secondary N) is 1. The van der Waals surface area contributed by atoms with Gasteiger partial charge in [-0.3, -0.25) is 0 Å². The van der Waals surface area contributed by atoms with Crippen LogP contribution < -0.4 is 11.1 Å². The molecule has 8 nitrogen and oxygen atoms in total. The van der Waals surface area contributed by atoms with Crippen LogP contribution in [0.3, 0.4) is 0 Å². The number of allylic oxidation sites excluding steroid dienone is 1. The maximum Gasteiger partial charge on any atom is 0.410 e. The Morgan fingerprint density at radius 2 is 1.51 bits per heavy atom. The number of hydrogen-bond donors (Lipinski definition) is 4. The van der Waals surface area contributed by atoms with Gasteiger partial charge in [0.05, 0.1) is 6.04 Å². The van der Waals surface area contributed by atoms with Gasteiger partial charge in [-0.2, -0.15) is 13.2 Å². The fraction of sp³-hybridized carbons (Fsp3) is 0.467. The van der Waals surface area contributed by atoms with E-state index in [1.165, 1.54) is 4.90 Å². The predicted octanol–water partition coefficient (Wildman–Crippen LogP) is 4.50. The van der Waals surface area contributed by atoms with Crippen LogP contribution in [0, 0.1) is 11.8 Å². The van der Waals surface area contributed by atoms with Crippen LogP contribution >= 0.6 is 0 Å². The van der Waals surface area contributed by atoms with Crippen LogP contribution in [0.5, 0.6) is 0 Å². The first-order valence-corrected chi connectivity index (χ1v) is 13.6. The van der Waals surface area contributed by atoms with Gasteiger partial charge in [-0.1, -0.05) is 60.7 Å². The van der Waals surface area contributed by atoms with E-state index >= 15 is 0 Å². The Morgan fingerprint density at radius 1 is 1.00 bits per heavy atom. The molecule has 3 atom stereocenters. The summed E-state index contributed by atoms with van der Waals surface area (Å²) in [6.07, 6.45) is -9.07. The Balaban J connectivity index is 1.72. The minimum atomic E-state index is -4.92. The number of aliphatic imine (C=N–C) groups is 1. The van der Waals surface area contributed by atoms with Crippen molar-refractivity contribution in [1.82, 2.24) is 10.2 Å². The van der Waals surface area contributed by atoms with E-state index in [2.05, 4.69) is 10.3 Å². The van der Waals surface area contributed by atoms with Gasteiger partial charge in [0.15, 0.2) is 6.23 Å². The van der Waals surface area contributed by atoms with E-state index < -0.39 is 48.1 Å². The summed E-state index contributed by atoms with van der Waals surface area (Å²) in [5.41, 5.74) is 6.89. The molecule has 4 rings (SSSR count). The first kappa shape index (κ1) is 30.4. The van der Waals surface area contributed by atoms with Gasteiger partial charge in [0, 0.05) is 30.3 Å². The van der Waals surface area contributed by atoms with Crippen molar-refractivity contribution in [2.45, 2.75) is 63.8 Å². The largest absolute Gasteiger partial charge is 0.444 e. The molecule has 2 aromatic rings. The summed E-state index contributed by atoms with van der Waals surface area (Å²) in [7, 11) is 0. The molecule has 5 N–H and O–H groups in total. The maximum atomic E-state index is 14.5. The molecule has 0 saturated carbocycles. The number of benzene rings is 2. The number of carbonyl (C=O) groups is 1. The van der Waals surface area contributed by atoms with Crippen molar-refractivity contribution in [3.63, 3.8) is 0 Å². The Kier molecular flexibility index (Phi) is 8.98. The van der Waals surface area contributed by atoms with Gasteiger partial charge in [0.2, 0.25) is 0 Å². The summed E-state index contributed by atoms with van der Waals surface area (Å²) in [6.45, 7) is 5.75. The number of nitrogens with two attached hydrogens (primary N) is 1. The van der Waals surface area contributed by atoms with Crippen molar-refractivity contribution in [2.24, 2.45) is 22.6 Å². The molecule has 1 fully saturated rings. The number of likely N-dealkylation sites (tertiary alicyclic amines) is 1. The summed E-state index contributed by atoms with van der Waals surface area (Å²) < 4.78 is 49.0. The summed E-state index contributed by atoms with van der Waals surface area (Å²) in [5.74, 6) is -3.21. The van der Waals surface area contributed by atoms with Gasteiger partial charge in [0.1, 0.15) is 23.5 Å². The molecule has 0 bridgehead atoms. The van der Waals surface area contributed by atoms with E-state index in [1.807, 2.05) is 60.7 Å². The third kappa shape index (κ3) is 7.20. The molecule has 0 radical (unpaired) electrons. The molecule has 0 aliphatic carbocycles. The first-order valence-electron chi connectivity index (χ1n) is 13.6. The highest BCUT2D eigenvalue weighted by Crippen LogP contribution is 2.42. The quantitative estimate of drug-likeness (QED) is 0.427. The van der Waals surface area contributed by atoms with E-state index in [4.69, 9.17) is 10.5 Å². The number of hydrogen-bond acceptors (Lipinski definition) is 7. The first-order chi connectivity index (χ1) is 19.3. The number of aliphatic hydroxyl groups is 2. The second-order valence-electron chi connectivity index (χ2n) is 11.4. The van der Waals surface area contributed by atoms with Gasteiger partial charge < -0.3 is 30.9 Å². The number of ether oxygens (including phenoxy) is 1. The van der Waals surface area contributed by atoms with E-state index in [1.54, 1.807) is 20.8 Å². The minimum Gasteiger partial charge on any atom is -0.444 e. The number of carbonyl (C=O) groups excluding carboxylic acids is 1. The lowest BCUT2D eigenvalue weighted by atomic mass is 9.81. The Bertz CT molecular complexity index is 1210. The molecule has 0 spiro atoms. The summed E-state index contributed by atoms with van der Waals surface area (Å²) in [4.78, 5) is 18.1. The van der Waals surface area contributed by atoms with Gasteiger partial charge in [-0.15, -0.1) is 0 Å². The van der Waals surface area contributed by atoms with Crippen LogP contribution in [-0.2, 0) is 4.74 Å². The predicted molar refractivity (Wildman–Crippen MR) is 149 cm³/mol. The smallest absolute Gasteiger partial charge is 0.410 e. The van der Waals surface area contributed by atoms with Gasteiger partial charge in [-0.05, 0) is 44.7 Å². The number of halogens is 3. The van der Waals surface area contributed by atoms with Gasteiger partial charge >= 0.3 is 12.3 Å². The highest BCUT2D eigenvalue weighted by atomic mass is 19.4. The zero-order valence-electron chi connectivity index (χ0n) is 23.3. The highest BCUT2D eigenvalue weighted by molar-refractivity contribution is 6.01. The van der Waals surface area contributed by atoms with Crippen molar-refractivity contribution in [2.75, 3.05) is 13.1 Å². The normalized spacial score (nSPS) is 23.7. The number of amides is 1. The minimum absolute atomic E-state index is 0.0757. The Hall–Kier alpha value is -3.57. The van der Waals surface area contributed by atoms with E-state index in [0.29, 0.717) is 12.8 Å². The lowest BCUT2D eigenvalue weighted by Gasteiger charge is -2.39. The van der Waals surface area contributed by atoms with Crippen LogP contribution in [-0.4, -0.2) is 64.2 Å². The fourth-order valence-electron chi connectivity index (χ4n) is 5.26. The number of piperidine rings is 1. The summed E-state index contributed by atoms with van der Waals surface area (Å²) >= 11 is 0.